The third-order valence-electron chi connectivity index (χ3n) is 2.54. The van der Waals surface area contributed by atoms with E-state index in [1.165, 1.54) is 12.7 Å². The first-order valence-electron chi connectivity index (χ1n) is 5.74. The smallest absolute Gasteiger partial charge is 0.325 e. The van der Waals surface area contributed by atoms with Crippen molar-refractivity contribution in [2.45, 2.75) is 18.9 Å². The molecule has 1 aromatic rings. The molecule has 94 valence electrons. The van der Waals surface area contributed by atoms with Crippen LogP contribution >= 0.6 is 0 Å². The molecule has 0 bridgehead atoms. The molecule has 0 heterocycles. The van der Waals surface area contributed by atoms with Gasteiger partial charge in [-0.25, -0.2) is 0 Å². The largest absolute Gasteiger partial charge is 0.468 e. The first-order chi connectivity index (χ1) is 8.27. The fraction of sp³-hybridized carbons (Fsp3) is 0.462. The molecule has 2 N–H and O–H groups in total. The molecule has 17 heavy (non-hydrogen) atoms. The van der Waals surface area contributed by atoms with E-state index >= 15 is 0 Å². The molecule has 0 unspecified atom stereocenters. The van der Waals surface area contributed by atoms with E-state index in [1.807, 2.05) is 18.2 Å². The summed E-state index contributed by atoms with van der Waals surface area (Å²) in [7, 11) is 1.32. The van der Waals surface area contributed by atoms with Crippen LogP contribution < -0.4 is 5.32 Å². The number of ether oxygens (including phenoxy) is 1. The number of methoxy groups -OCH3 is 1. The number of aliphatic hydroxyl groups excluding tert-OH is 1. The van der Waals surface area contributed by atoms with E-state index in [1.54, 1.807) is 0 Å². The second-order valence-corrected chi connectivity index (χ2v) is 3.80. The van der Waals surface area contributed by atoms with Gasteiger partial charge in [-0.2, -0.15) is 0 Å². The summed E-state index contributed by atoms with van der Waals surface area (Å²) >= 11 is 0. The SMILES string of the molecule is COC(=O)[C@H](CO)NCCCc1ccccc1. The Morgan fingerprint density at radius 2 is 2.12 bits per heavy atom. The van der Waals surface area contributed by atoms with Crippen LogP contribution in [0.1, 0.15) is 12.0 Å². The third-order valence-corrected chi connectivity index (χ3v) is 2.54. The van der Waals surface area contributed by atoms with Crippen LogP contribution in [0.3, 0.4) is 0 Å². The van der Waals surface area contributed by atoms with Crippen molar-refractivity contribution in [2.75, 3.05) is 20.3 Å². The van der Waals surface area contributed by atoms with E-state index in [-0.39, 0.29) is 6.61 Å². The minimum Gasteiger partial charge on any atom is -0.468 e. The van der Waals surface area contributed by atoms with Gasteiger partial charge in [0.15, 0.2) is 0 Å². The Labute approximate surface area is 102 Å². The number of aliphatic hydroxyl groups is 1. The highest BCUT2D eigenvalue weighted by atomic mass is 16.5. The minimum atomic E-state index is -0.615. The van der Waals surface area contributed by atoms with E-state index in [0.29, 0.717) is 6.54 Å². The lowest BCUT2D eigenvalue weighted by Gasteiger charge is -2.13. The number of rotatable bonds is 7. The van der Waals surface area contributed by atoms with Gasteiger partial charge in [-0.05, 0) is 24.9 Å². The second-order valence-electron chi connectivity index (χ2n) is 3.80. The number of benzene rings is 1. The fourth-order valence-electron chi connectivity index (χ4n) is 1.58. The first kappa shape index (κ1) is 13.7. The summed E-state index contributed by atoms with van der Waals surface area (Å²) in [5.74, 6) is -0.424. The Bertz CT molecular complexity index is 327. The normalized spacial score (nSPS) is 12.1. The third kappa shape index (κ3) is 4.97. The Hall–Kier alpha value is -1.39. The van der Waals surface area contributed by atoms with Gasteiger partial charge in [0.1, 0.15) is 6.04 Å². The van der Waals surface area contributed by atoms with Crippen LogP contribution in [0, 0.1) is 0 Å². The number of carbonyl (C=O) groups excluding carboxylic acids is 1. The highest BCUT2D eigenvalue weighted by Gasteiger charge is 2.16. The molecule has 4 nitrogen and oxygen atoms in total. The minimum absolute atomic E-state index is 0.238. The van der Waals surface area contributed by atoms with Crippen molar-refractivity contribution in [3.05, 3.63) is 35.9 Å². The van der Waals surface area contributed by atoms with Gasteiger partial charge < -0.3 is 15.2 Å². The molecular formula is C13H19NO3. The van der Waals surface area contributed by atoms with Crippen LogP contribution in [0.5, 0.6) is 0 Å². The average Bonchev–Trinajstić information content (AvgIpc) is 2.39. The Morgan fingerprint density at radius 3 is 2.71 bits per heavy atom. The average molecular weight is 237 g/mol. The van der Waals surface area contributed by atoms with Gasteiger partial charge in [0.05, 0.1) is 13.7 Å². The van der Waals surface area contributed by atoms with E-state index in [0.717, 1.165) is 12.8 Å². The number of esters is 1. The lowest BCUT2D eigenvalue weighted by molar-refractivity contribution is -0.144. The van der Waals surface area contributed by atoms with Gasteiger partial charge in [0.25, 0.3) is 0 Å². The zero-order valence-corrected chi connectivity index (χ0v) is 10.1. The highest BCUT2D eigenvalue weighted by Crippen LogP contribution is 2.01. The van der Waals surface area contributed by atoms with Gasteiger partial charge >= 0.3 is 5.97 Å². The predicted octanol–water partition coefficient (Wildman–Crippen LogP) is 0.743. The lowest BCUT2D eigenvalue weighted by atomic mass is 10.1. The molecule has 0 amide bonds. The molecular weight excluding hydrogens is 218 g/mol. The van der Waals surface area contributed by atoms with Gasteiger partial charge in [0, 0.05) is 0 Å². The van der Waals surface area contributed by atoms with E-state index in [9.17, 15) is 4.79 Å². The van der Waals surface area contributed by atoms with Crippen LogP contribution in [-0.4, -0.2) is 37.4 Å². The molecule has 0 saturated carbocycles. The zero-order chi connectivity index (χ0) is 12.5. The fourth-order valence-corrected chi connectivity index (χ4v) is 1.58. The molecule has 4 heteroatoms. The number of hydrogen-bond donors (Lipinski definition) is 2. The van der Waals surface area contributed by atoms with Crippen LogP contribution in [0.15, 0.2) is 30.3 Å². The van der Waals surface area contributed by atoms with Crippen LogP contribution in [0.4, 0.5) is 0 Å². The molecule has 0 aliphatic rings. The van der Waals surface area contributed by atoms with Crippen LogP contribution in [0.2, 0.25) is 0 Å². The van der Waals surface area contributed by atoms with Gasteiger partial charge in [0.2, 0.25) is 0 Å². The molecule has 0 fully saturated rings. The van der Waals surface area contributed by atoms with Crippen LogP contribution in [0.25, 0.3) is 0 Å². The Morgan fingerprint density at radius 1 is 1.41 bits per heavy atom. The number of hydrogen-bond acceptors (Lipinski definition) is 4. The van der Waals surface area contributed by atoms with E-state index < -0.39 is 12.0 Å². The molecule has 1 rings (SSSR count). The summed E-state index contributed by atoms with van der Waals surface area (Å²) in [6.07, 6.45) is 1.87. The molecule has 0 aliphatic carbocycles. The lowest BCUT2D eigenvalue weighted by Crippen LogP contribution is -2.41. The van der Waals surface area contributed by atoms with Gasteiger partial charge in [-0.15, -0.1) is 0 Å². The van der Waals surface area contributed by atoms with Crippen molar-refractivity contribution in [1.82, 2.24) is 5.32 Å². The standard InChI is InChI=1S/C13H19NO3/c1-17-13(16)12(10-15)14-9-5-8-11-6-3-2-4-7-11/h2-4,6-7,12,14-15H,5,8-10H2,1H3/t12-/m0/s1. The maximum atomic E-state index is 11.2. The topological polar surface area (TPSA) is 58.6 Å². The van der Waals surface area contributed by atoms with Crippen molar-refractivity contribution < 1.29 is 14.6 Å². The van der Waals surface area contributed by atoms with Gasteiger partial charge in [-0.1, -0.05) is 30.3 Å². The molecule has 0 radical (unpaired) electrons. The first-order valence-corrected chi connectivity index (χ1v) is 5.74. The van der Waals surface area contributed by atoms with Crippen LogP contribution in [-0.2, 0) is 16.0 Å². The monoisotopic (exact) mass is 237 g/mol. The van der Waals surface area contributed by atoms with E-state index in [4.69, 9.17) is 5.11 Å². The van der Waals surface area contributed by atoms with Crippen molar-refractivity contribution in [3.63, 3.8) is 0 Å². The van der Waals surface area contributed by atoms with Crippen molar-refractivity contribution in [1.29, 1.82) is 0 Å². The summed E-state index contributed by atoms with van der Waals surface area (Å²) < 4.78 is 4.56. The highest BCUT2D eigenvalue weighted by molar-refractivity contribution is 5.75. The summed E-state index contributed by atoms with van der Waals surface area (Å²) in [6, 6.07) is 9.53. The quantitative estimate of drug-likeness (QED) is 0.542. The Balaban J connectivity index is 2.21. The Kier molecular flexibility index (Phi) is 6.29. The summed E-state index contributed by atoms with van der Waals surface area (Å²) in [5.41, 5.74) is 1.27. The van der Waals surface area contributed by atoms with E-state index in [2.05, 4.69) is 22.2 Å². The molecule has 0 aromatic heterocycles. The molecule has 0 saturated heterocycles. The van der Waals surface area contributed by atoms with Gasteiger partial charge in [-0.3, -0.25) is 4.79 Å². The number of nitrogens with one attached hydrogen (secondary N) is 1. The molecule has 0 spiro atoms. The molecule has 1 atom stereocenters. The van der Waals surface area contributed by atoms with Crippen molar-refractivity contribution in [3.8, 4) is 0 Å². The molecule has 1 aromatic carbocycles. The molecule has 0 aliphatic heterocycles. The number of carbonyl (C=O) groups is 1. The summed E-state index contributed by atoms with van der Waals surface area (Å²) in [4.78, 5) is 11.2. The maximum absolute atomic E-state index is 11.2. The predicted molar refractivity (Wildman–Crippen MR) is 65.7 cm³/mol. The van der Waals surface area contributed by atoms with Crippen molar-refractivity contribution >= 4 is 5.97 Å². The summed E-state index contributed by atoms with van der Waals surface area (Å²) in [5, 5.41) is 11.9. The second kappa shape index (κ2) is 7.81. The van der Waals surface area contributed by atoms with Crippen molar-refractivity contribution in [2.24, 2.45) is 0 Å². The zero-order valence-electron chi connectivity index (χ0n) is 10.1. The summed E-state index contributed by atoms with van der Waals surface area (Å²) in [6.45, 7) is 0.438. The number of aryl methyl sites for hydroxylation is 1. The maximum Gasteiger partial charge on any atom is 0.325 e.